The molecular weight excluding hydrogens is 420 g/mol. The molecule has 0 atom stereocenters. The third kappa shape index (κ3) is 5.85. The van der Waals surface area contributed by atoms with Crippen molar-refractivity contribution in [2.45, 2.75) is 18.7 Å². The lowest BCUT2D eigenvalue weighted by atomic mass is 10.2. The number of nitrogens with one attached hydrogen (secondary N) is 1. The van der Waals surface area contributed by atoms with Crippen LogP contribution in [0.1, 0.15) is 24.2 Å². The number of carboxylic acid groups (broad SMARTS) is 1. The second kappa shape index (κ2) is 9.62. The highest BCUT2D eigenvalue weighted by Crippen LogP contribution is 2.29. The first-order valence-electron chi connectivity index (χ1n) is 8.74. The summed E-state index contributed by atoms with van der Waals surface area (Å²) < 4.78 is 32.7. The van der Waals surface area contributed by atoms with Crippen molar-refractivity contribution >= 4 is 39.2 Å². The van der Waals surface area contributed by atoms with Crippen LogP contribution in [-0.4, -0.2) is 50.0 Å². The van der Waals surface area contributed by atoms with E-state index in [1.54, 1.807) is 4.90 Å². The van der Waals surface area contributed by atoms with Crippen molar-refractivity contribution in [1.82, 2.24) is 4.90 Å². The third-order valence-electron chi connectivity index (χ3n) is 4.06. The molecule has 10 heteroatoms. The molecule has 0 fully saturated rings. The molecule has 0 unspecified atom stereocenters. The number of carbonyl (C=O) groups is 2. The Balaban J connectivity index is 2.09. The highest BCUT2D eigenvalue weighted by Gasteiger charge is 2.17. The summed E-state index contributed by atoms with van der Waals surface area (Å²) in [4.78, 5) is 24.4. The van der Waals surface area contributed by atoms with E-state index in [4.69, 9.17) is 21.4 Å². The fourth-order valence-corrected chi connectivity index (χ4v) is 3.76. The third-order valence-corrected chi connectivity index (χ3v) is 5.76. The fourth-order valence-electron chi connectivity index (χ4n) is 2.48. The molecule has 0 aliphatic rings. The minimum atomic E-state index is -3.93. The lowest BCUT2D eigenvalue weighted by Crippen LogP contribution is -2.34. The maximum atomic E-state index is 12.5. The van der Waals surface area contributed by atoms with E-state index in [1.165, 1.54) is 42.5 Å². The second-order valence-electron chi connectivity index (χ2n) is 5.93. The molecule has 8 nitrogen and oxygen atoms in total. The molecule has 0 saturated carbocycles. The zero-order chi connectivity index (χ0) is 21.6. The average molecular weight is 441 g/mol. The van der Waals surface area contributed by atoms with Gasteiger partial charge in [-0.15, -0.1) is 0 Å². The Bertz CT molecular complexity index is 988. The smallest absolute Gasteiger partial charge is 0.335 e. The van der Waals surface area contributed by atoms with Gasteiger partial charge < -0.3 is 14.7 Å². The van der Waals surface area contributed by atoms with E-state index in [0.717, 1.165) is 0 Å². The molecule has 2 aromatic rings. The second-order valence-corrected chi connectivity index (χ2v) is 8.02. The molecule has 0 aliphatic carbocycles. The quantitative estimate of drug-likeness (QED) is 0.619. The summed E-state index contributed by atoms with van der Waals surface area (Å²) in [7, 11) is -3.93. The van der Waals surface area contributed by atoms with Crippen molar-refractivity contribution in [2.24, 2.45) is 0 Å². The number of carbonyl (C=O) groups excluding carboxylic acids is 1. The number of rotatable bonds is 9. The number of benzene rings is 2. The van der Waals surface area contributed by atoms with Gasteiger partial charge >= 0.3 is 5.97 Å². The Morgan fingerprint density at radius 3 is 2.24 bits per heavy atom. The van der Waals surface area contributed by atoms with Crippen molar-refractivity contribution in [2.75, 3.05) is 24.4 Å². The van der Waals surface area contributed by atoms with E-state index < -0.39 is 16.0 Å². The number of amides is 1. The van der Waals surface area contributed by atoms with Crippen LogP contribution < -0.4 is 9.46 Å². The van der Waals surface area contributed by atoms with Gasteiger partial charge in [0.05, 0.1) is 21.2 Å². The van der Waals surface area contributed by atoms with Crippen LogP contribution in [-0.2, 0) is 14.8 Å². The molecule has 0 aromatic heterocycles. The van der Waals surface area contributed by atoms with Gasteiger partial charge in [0.1, 0.15) is 5.75 Å². The van der Waals surface area contributed by atoms with Gasteiger partial charge in [0, 0.05) is 13.1 Å². The Hall–Kier alpha value is -2.78. The van der Waals surface area contributed by atoms with Crippen LogP contribution in [0.15, 0.2) is 47.4 Å². The van der Waals surface area contributed by atoms with Gasteiger partial charge in [-0.2, -0.15) is 0 Å². The molecule has 0 saturated heterocycles. The Morgan fingerprint density at radius 1 is 1.10 bits per heavy atom. The van der Waals surface area contributed by atoms with Crippen LogP contribution in [0.5, 0.6) is 5.75 Å². The lowest BCUT2D eigenvalue weighted by Gasteiger charge is -2.19. The molecule has 0 bridgehead atoms. The predicted molar refractivity (Wildman–Crippen MR) is 109 cm³/mol. The van der Waals surface area contributed by atoms with Crippen molar-refractivity contribution in [3.8, 4) is 5.75 Å². The normalized spacial score (nSPS) is 11.0. The van der Waals surface area contributed by atoms with Gasteiger partial charge in [0.25, 0.3) is 15.9 Å². The van der Waals surface area contributed by atoms with Crippen LogP contribution in [0.25, 0.3) is 0 Å². The molecule has 1 amide bonds. The van der Waals surface area contributed by atoms with Crippen LogP contribution in [0, 0.1) is 0 Å². The van der Waals surface area contributed by atoms with Crippen LogP contribution >= 0.6 is 11.6 Å². The fraction of sp³-hybridized carbons (Fsp3) is 0.263. The number of hydrogen-bond donors (Lipinski definition) is 2. The number of ether oxygens (including phenoxy) is 1. The number of sulfonamides is 1. The molecule has 2 N–H and O–H groups in total. The number of carboxylic acids is 1. The lowest BCUT2D eigenvalue weighted by molar-refractivity contribution is -0.132. The average Bonchev–Trinajstić information content (AvgIpc) is 2.68. The van der Waals surface area contributed by atoms with Gasteiger partial charge in [-0.25, -0.2) is 13.2 Å². The van der Waals surface area contributed by atoms with Crippen molar-refractivity contribution in [1.29, 1.82) is 0 Å². The number of hydrogen-bond acceptors (Lipinski definition) is 5. The van der Waals surface area contributed by atoms with Crippen molar-refractivity contribution in [3.05, 3.63) is 53.1 Å². The van der Waals surface area contributed by atoms with Crippen LogP contribution in [0.2, 0.25) is 5.02 Å². The number of likely N-dealkylation sites (N-methyl/N-ethyl adjacent to an activating group) is 1. The van der Waals surface area contributed by atoms with Crippen molar-refractivity contribution < 1.29 is 27.9 Å². The summed E-state index contributed by atoms with van der Waals surface area (Å²) >= 11 is 6.14. The number of halogens is 1. The largest absolute Gasteiger partial charge is 0.482 e. The number of anilines is 1. The number of nitrogens with zero attached hydrogens (tertiary/aromatic N) is 1. The molecule has 0 spiro atoms. The highest BCUT2D eigenvalue weighted by atomic mass is 35.5. The van der Waals surface area contributed by atoms with E-state index in [2.05, 4.69) is 4.72 Å². The zero-order valence-electron chi connectivity index (χ0n) is 15.9. The molecule has 0 aliphatic heterocycles. The van der Waals surface area contributed by atoms with Crippen LogP contribution in [0.3, 0.4) is 0 Å². The summed E-state index contributed by atoms with van der Waals surface area (Å²) in [6, 6.07) is 9.08. The molecule has 156 valence electrons. The summed E-state index contributed by atoms with van der Waals surface area (Å²) in [5, 5.41) is 9.03. The molecule has 2 aromatic carbocycles. The van der Waals surface area contributed by atoms with Gasteiger partial charge in [-0.1, -0.05) is 11.6 Å². The first-order valence-corrected chi connectivity index (χ1v) is 10.6. The van der Waals surface area contributed by atoms with E-state index in [-0.39, 0.29) is 39.4 Å². The van der Waals surface area contributed by atoms with Gasteiger partial charge in [-0.05, 0) is 56.3 Å². The summed E-state index contributed by atoms with van der Waals surface area (Å²) in [6.45, 7) is 4.69. The Labute approximate surface area is 174 Å². The van der Waals surface area contributed by atoms with E-state index >= 15 is 0 Å². The Kier molecular flexibility index (Phi) is 7.46. The summed E-state index contributed by atoms with van der Waals surface area (Å²) in [6.07, 6.45) is 0. The minimum absolute atomic E-state index is 0.0206. The number of aromatic carboxylic acids is 1. The highest BCUT2D eigenvalue weighted by molar-refractivity contribution is 7.92. The minimum Gasteiger partial charge on any atom is -0.482 e. The molecule has 29 heavy (non-hydrogen) atoms. The van der Waals surface area contributed by atoms with Gasteiger partial charge in [-0.3, -0.25) is 9.52 Å². The van der Waals surface area contributed by atoms with E-state index in [0.29, 0.717) is 13.1 Å². The topological polar surface area (TPSA) is 113 Å². The predicted octanol–water partition coefficient (Wildman–Crippen LogP) is 3.09. The Morgan fingerprint density at radius 2 is 1.72 bits per heavy atom. The standard InChI is InChI=1S/C19H21ClN2O6S/c1-3-22(4-2)18(23)12-28-17-10-7-14(11-16(17)20)21-29(26,27)15-8-5-13(6-9-15)19(24)25/h5-11,21H,3-4,12H2,1-2H3,(H,24,25). The van der Waals surface area contributed by atoms with Crippen molar-refractivity contribution in [3.63, 3.8) is 0 Å². The SMILES string of the molecule is CCN(CC)C(=O)COc1ccc(NS(=O)(=O)c2ccc(C(=O)O)cc2)cc1Cl. The molecule has 0 heterocycles. The van der Waals surface area contributed by atoms with E-state index in [9.17, 15) is 18.0 Å². The van der Waals surface area contributed by atoms with Crippen LogP contribution in [0.4, 0.5) is 5.69 Å². The molecular formula is C19H21ClN2O6S. The summed E-state index contributed by atoms with van der Waals surface area (Å²) in [5.74, 6) is -1.08. The summed E-state index contributed by atoms with van der Waals surface area (Å²) in [5.41, 5.74) is 0.174. The first kappa shape index (κ1) is 22.5. The van der Waals surface area contributed by atoms with Gasteiger partial charge in [0.15, 0.2) is 6.61 Å². The zero-order valence-corrected chi connectivity index (χ0v) is 17.5. The van der Waals surface area contributed by atoms with E-state index in [1.807, 2.05) is 13.8 Å². The molecule has 2 rings (SSSR count). The molecule has 0 radical (unpaired) electrons. The monoisotopic (exact) mass is 440 g/mol. The first-order chi connectivity index (χ1) is 13.7. The maximum absolute atomic E-state index is 12.5. The van der Waals surface area contributed by atoms with Gasteiger partial charge in [0.2, 0.25) is 0 Å². The maximum Gasteiger partial charge on any atom is 0.335 e.